The Labute approximate surface area is 107 Å². The van der Waals surface area contributed by atoms with Gasteiger partial charge in [0.1, 0.15) is 6.04 Å². The molecule has 0 amide bonds. The molecule has 1 fully saturated rings. The van der Waals surface area contributed by atoms with E-state index in [0.29, 0.717) is 24.7 Å². The molecule has 0 aliphatic carbocycles. The van der Waals surface area contributed by atoms with Crippen LogP contribution in [-0.4, -0.2) is 35.2 Å². The molecule has 102 valence electrons. The van der Waals surface area contributed by atoms with E-state index in [1.54, 1.807) is 6.92 Å². The predicted octanol–water partition coefficient (Wildman–Crippen LogP) is 1.51. The van der Waals surface area contributed by atoms with E-state index >= 15 is 0 Å². The molecular weight excluding hydrogens is 254 g/mol. The number of nitrogens with zero attached hydrogens (tertiary/aromatic N) is 3. The van der Waals surface area contributed by atoms with Crippen molar-refractivity contribution in [2.45, 2.75) is 45.6 Å². The molecule has 1 atom stereocenters. The zero-order valence-corrected chi connectivity index (χ0v) is 11.6. The monoisotopic (exact) mass is 273 g/mol. The van der Waals surface area contributed by atoms with Crippen LogP contribution >= 0.6 is 0 Å². The summed E-state index contributed by atoms with van der Waals surface area (Å²) < 4.78 is 30.8. The molecule has 7 heteroatoms. The quantitative estimate of drug-likeness (QED) is 0.831. The predicted molar refractivity (Wildman–Crippen MR) is 66.4 cm³/mol. The van der Waals surface area contributed by atoms with E-state index in [-0.39, 0.29) is 11.8 Å². The Bertz CT molecular complexity index is 497. The van der Waals surface area contributed by atoms with Gasteiger partial charge < -0.3 is 4.52 Å². The van der Waals surface area contributed by atoms with Crippen LogP contribution in [0.2, 0.25) is 0 Å². The summed E-state index contributed by atoms with van der Waals surface area (Å²) in [7, 11) is -3.21. The lowest BCUT2D eigenvalue weighted by Crippen LogP contribution is -2.39. The number of aryl methyl sites for hydroxylation is 1. The van der Waals surface area contributed by atoms with Crippen LogP contribution in [0.25, 0.3) is 0 Å². The number of rotatable bonds is 4. The SMILES string of the molecule is CCc1noc([C@H]2CCCCN2S(=O)(=O)CC)n1. The van der Waals surface area contributed by atoms with Gasteiger partial charge in [-0.25, -0.2) is 8.42 Å². The molecule has 0 aromatic carbocycles. The first-order chi connectivity index (χ1) is 8.58. The van der Waals surface area contributed by atoms with Gasteiger partial charge >= 0.3 is 0 Å². The fourth-order valence-corrected chi connectivity index (χ4v) is 3.52. The summed E-state index contributed by atoms with van der Waals surface area (Å²) in [6.45, 7) is 4.15. The molecule has 0 spiro atoms. The molecule has 1 aromatic heterocycles. The summed E-state index contributed by atoms with van der Waals surface area (Å²) in [4.78, 5) is 4.27. The Hall–Kier alpha value is -0.950. The summed E-state index contributed by atoms with van der Waals surface area (Å²) in [5.41, 5.74) is 0. The van der Waals surface area contributed by atoms with Gasteiger partial charge in [-0.3, -0.25) is 0 Å². The minimum absolute atomic E-state index is 0.109. The second kappa shape index (κ2) is 5.36. The molecule has 0 unspecified atom stereocenters. The van der Waals surface area contributed by atoms with Crippen LogP contribution in [0.3, 0.4) is 0 Å². The molecule has 6 nitrogen and oxygen atoms in total. The Morgan fingerprint density at radius 1 is 1.39 bits per heavy atom. The van der Waals surface area contributed by atoms with Crippen LogP contribution < -0.4 is 0 Å². The van der Waals surface area contributed by atoms with Crippen molar-refractivity contribution < 1.29 is 12.9 Å². The van der Waals surface area contributed by atoms with Crippen LogP contribution in [0.5, 0.6) is 0 Å². The normalized spacial score (nSPS) is 22.2. The van der Waals surface area contributed by atoms with Crippen molar-refractivity contribution in [2.75, 3.05) is 12.3 Å². The number of hydrogen-bond donors (Lipinski definition) is 0. The van der Waals surface area contributed by atoms with Crippen molar-refractivity contribution in [1.29, 1.82) is 0 Å². The second-order valence-corrected chi connectivity index (χ2v) is 6.64. The fourth-order valence-electron chi connectivity index (χ4n) is 2.20. The maximum atomic E-state index is 12.1. The summed E-state index contributed by atoms with van der Waals surface area (Å²) in [5, 5.41) is 3.84. The van der Waals surface area contributed by atoms with Crippen LogP contribution in [0.1, 0.15) is 50.9 Å². The van der Waals surface area contributed by atoms with Gasteiger partial charge in [0.15, 0.2) is 5.82 Å². The number of piperidine rings is 1. The topological polar surface area (TPSA) is 76.3 Å². The van der Waals surface area contributed by atoms with Crippen LogP contribution in [0.15, 0.2) is 4.52 Å². The molecule has 0 N–H and O–H groups in total. The van der Waals surface area contributed by atoms with E-state index in [4.69, 9.17) is 4.52 Å². The molecule has 2 rings (SSSR count). The molecule has 18 heavy (non-hydrogen) atoms. The Morgan fingerprint density at radius 2 is 2.17 bits per heavy atom. The van der Waals surface area contributed by atoms with Crippen molar-refractivity contribution in [3.63, 3.8) is 0 Å². The molecule has 1 saturated heterocycles. The van der Waals surface area contributed by atoms with Gasteiger partial charge in [0.25, 0.3) is 0 Å². The van der Waals surface area contributed by atoms with E-state index in [2.05, 4.69) is 10.1 Å². The van der Waals surface area contributed by atoms with Gasteiger partial charge in [-0.05, 0) is 19.8 Å². The highest BCUT2D eigenvalue weighted by molar-refractivity contribution is 7.89. The van der Waals surface area contributed by atoms with Gasteiger partial charge in [-0.15, -0.1) is 0 Å². The van der Waals surface area contributed by atoms with Crippen molar-refractivity contribution in [2.24, 2.45) is 0 Å². The largest absolute Gasteiger partial charge is 0.338 e. The van der Waals surface area contributed by atoms with Gasteiger partial charge in [-0.2, -0.15) is 9.29 Å². The molecule has 0 radical (unpaired) electrons. The van der Waals surface area contributed by atoms with Crippen LogP contribution in [0.4, 0.5) is 0 Å². The highest BCUT2D eigenvalue weighted by Gasteiger charge is 2.35. The zero-order valence-electron chi connectivity index (χ0n) is 10.8. The van der Waals surface area contributed by atoms with Crippen molar-refractivity contribution in [3.05, 3.63) is 11.7 Å². The van der Waals surface area contributed by atoms with E-state index in [9.17, 15) is 8.42 Å². The third kappa shape index (κ3) is 2.56. The minimum Gasteiger partial charge on any atom is -0.338 e. The first kappa shape index (κ1) is 13.5. The lowest BCUT2D eigenvalue weighted by Gasteiger charge is -2.31. The molecule has 2 heterocycles. The highest BCUT2D eigenvalue weighted by Crippen LogP contribution is 2.32. The second-order valence-electron chi connectivity index (χ2n) is 4.43. The number of hydrogen-bond acceptors (Lipinski definition) is 5. The van der Waals surface area contributed by atoms with E-state index < -0.39 is 10.0 Å². The Balaban J connectivity index is 2.28. The summed E-state index contributed by atoms with van der Waals surface area (Å²) in [5.74, 6) is 1.17. The van der Waals surface area contributed by atoms with Gasteiger partial charge in [-0.1, -0.05) is 18.5 Å². The average Bonchev–Trinajstić information content (AvgIpc) is 2.87. The van der Waals surface area contributed by atoms with Crippen molar-refractivity contribution in [1.82, 2.24) is 14.4 Å². The first-order valence-corrected chi connectivity index (χ1v) is 8.01. The third-order valence-corrected chi connectivity index (χ3v) is 5.14. The molecular formula is C11H19N3O3S. The number of aromatic nitrogens is 2. The lowest BCUT2D eigenvalue weighted by molar-refractivity contribution is 0.204. The Kier molecular flexibility index (Phi) is 4.01. The van der Waals surface area contributed by atoms with Gasteiger partial charge in [0, 0.05) is 13.0 Å². The van der Waals surface area contributed by atoms with E-state index in [0.717, 1.165) is 19.3 Å². The van der Waals surface area contributed by atoms with E-state index in [1.807, 2.05) is 6.92 Å². The fraction of sp³-hybridized carbons (Fsp3) is 0.818. The average molecular weight is 273 g/mol. The lowest BCUT2D eigenvalue weighted by atomic mass is 10.1. The first-order valence-electron chi connectivity index (χ1n) is 6.40. The van der Waals surface area contributed by atoms with Crippen molar-refractivity contribution in [3.8, 4) is 0 Å². The van der Waals surface area contributed by atoms with E-state index in [1.165, 1.54) is 4.31 Å². The van der Waals surface area contributed by atoms with Crippen LogP contribution in [0, 0.1) is 0 Å². The molecule has 0 saturated carbocycles. The Morgan fingerprint density at radius 3 is 2.78 bits per heavy atom. The minimum atomic E-state index is -3.21. The highest BCUT2D eigenvalue weighted by atomic mass is 32.2. The molecule has 0 bridgehead atoms. The van der Waals surface area contributed by atoms with Gasteiger partial charge in [0.05, 0.1) is 5.75 Å². The van der Waals surface area contributed by atoms with Gasteiger partial charge in [0.2, 0.25) is 15.9 Å². The smallest absolute Gasteiger partial charge is 0.245 e. The molecule has 1 aromatic rings. The summed E-state index contributed by atoms with van der Waals surface area (Å²) in [6.07, 6.45) is 3.33. The molecule has 1 aliphatic heterocycles. The maximum Gasteiger partial charge on any atom is 0.245 e. The van der Waals surface area contributed by atoms with Crippen LogP contribution in [-0.2, 0) is 16.4 Å². The summed E-state index contributed by atoms with van der Waals surface area (Å²) in [6, 6.07) is -0.281. The van der Waals surface area contributed by atoms with Crippen molar-refractivity contribution >= 4 is 10.0 Å². The maximum absolute atomic E-state index is 12.1. The summed E-state index contributed by atoms with van der Waals surface area (Å²) >= 11 is 0. The molecule has 1 aliphatic rings. The third-order valence-electron chi connectivity index (χ3n) is 3.26. The zero-order chi connectivity index (χ0) is 13.2. The standard InChI is InChI=1S/C11H19N3O3S/c1-3-10-12-11(17-13-10)9-7-5-6-8-14(9)18(15,16)4-2/h9H,3-8H2,1-2H3/t9-/m1/s1. The number of sulfonamides is 1.